The molecule has 0 unspecified atom stereocenters. The molecule has 0 radical (unpaired) electrons. The minimum atomic E-state index is -0.258. The van der Waals surface area contributed by atoms with Crippen molar-refractivity contribution in [1.29, 1.82) is 0 Å². The molecule has 0 aliphatic heterocycles. The summed E-state index contributed by atoms with van der Waals surface area (Å²) in [5, 5.41) is 8.57. The fraction of sp³-hybridized carbons (Fsp3) is 0.607. The first-order chi connectivity index (χ1) is 17.6. The van der Waals surface area contributed by atoms with Gasteiger partial charge in [-0.1, -0.05) is 57.5 Å². The molecule has 2 rings (SSSR count). The molecule has 1 heterocycles. The number of thiazole rings is 1. The van der Waals surface area contributed by atoms with Gasteiger partial charge in [0.1, 0.15) is 16.8 Å². The lowest BCUT2D eigenvalue weighted by atomic mass is 9.95. The lowest BCUT2D eigenvalue weighted by Gasteiger charge is -2.22. The highest BCUT2D eigenvalue weighted by atomic mass is 32.1. The van der Waals surface area contributed by atoms with Crippen LogP contribution in [0.15, 0.2) is 29.6 Å². The van der Waals surface area contributed by atoms with Crippen molar-refractivity contribution in [3.8, 4) is 0 Å². The van der Waals surface area contributed by atoms with E-state index in [2.05, 4.69) is 73.3 Å². The van der Waals surface area contributed by atoms with Crippen molar-refractivity contribution in [1.82, 2.24) is 15.6 Å². The van der Waals surface area contributed by atoms with E-state index < -0.39 is 0 Å². The molecule has 0 bridgehead atoms. The zero-order chi connectivity index (χ0) is 27.4. The molecule has 9 heteroatoms. The zero-order valence-corrected chi connectivity index (χ0v) is 24.5. The summed E-state index contributed by atoms with van der Waals surface area (Å²) < 4.78 is 6.06. The largest absolute Gasteiger partial charge is 0.371 e. The van der Waals surface area contributed by atoms with Crippen LogP contribution in [0, 0.1) is 18.8 Å². The van der Waals surface area contributed by atoms with E-state index >= 15 is 0 Å². The van der Waals surface area contributed by atoms with Crippen LogP contribution >= 0.6 is 24.0 Å². The van der Waals surface area contributed by atoms with Gasteiger partial charge in [0.2, 0.25) is 5.91 Å². The van der Waals surface area contributed by atoms with Gasteiger partial charge in [-0.05, 0) is 44.1 Å². The van der Waals surface area contributed by atoms with Crippen LogP contribution in [-0.4, -0.2) is 47.8 Å². The van der Waals surface area contributed by atoms with Crippen molar-refractivity contribution in [2.75, 3.05) is 18.9 Å². The number of aromatic nitrogens is 1. The quantitative estimate of drug-likeness (QED) is 0.228. The second-order valence-electron chi connectivity index (χ2n) is 10.1. The Kier molecular flexibility index (Phi) is 13.6. The van der Waals surface area contributed by atoms with Crippen LogP contribution in [0.1, 0.15) is 79.7 Å². The van der Waals surface area contributed by atoms with Gasteiger partial charge < -0.3 is 21.1 Å². The number of nitrogens with one attached hydrogen (secondary N) is 2. The number of nitrogens with zero attached hydrogens (tertiary/aromatic N) is 1. The highest BCUT2D eigenvalue weighted by Gasteiger charge is 2.25. The molecule has 0 fully saturated rings. The van der Waals surface area contributed by atoms with Gasteiger partial charge >= 0.3 is 0 Å². The molecule has 1 aromatic carbocycles. The Labute approximate surface area is 231 Å². The molecule has 0 spiro atoms. The fourth-order valence-electron chi connectivity index (χ4n) is 3.91. The number of thiol groups is 1. The van der Waals surface area contributed by atoms with Gasteiger partial charge in [0.05, 0.1) is 0 Å². The minimum absolute atomic E-state index is 0.0166. The average molecular weight is 549 g/mol. The highest BCUT2D eigenvalue weighted by Crippen LogP contribution is 2.28. The van der Waals surface area contributed by atoms with E-state index in [4.69, 9.17) is 10.5 Å². The topological polar surface area (TPSA) is 106 Å². The molecule has 0 aliphatic carbocycles. The number of carbonyl (C=O) groups excluding carboxylic acids is 2. The molecule has 4 atom stereocenters. The molecule has 0 saturated carbocycles. The maximum atomic E-state index is 13.3. The Morgan fingerprint density at radius 1 is 1.16 bits per heavy atom. The maximum absolute atomic E-state index is 13.3. The van der Waals surface area contributed by atoms with Crippen molar-refractivity contribution in [2.45, 2.75) is 78.5 Å². The number of ether oxygens (including phenoxy) is 1. The summed E-state index contributed by atoms with van der Waals surface area (Å²) in [6.45, 7) is 11.3. The van der Waals surface area contributed by atoms with Crippen LogP contribution in [0.2, 0.25) is 0 Å². The van der Waals surface area contributed by atoms with Crippen molar-refractivity contribution >= 4 is 35.8 Å². The van der Waals surface area contributed by atoms with Gasteiger partial charge in [0.25, 0.3) is 5.91 Å². The van der Waals surface area contributed by atoms with Gasteiger partial charge in [-0.3, -0.25) is 9.59 Å². The smallest absolute Gasteiger partial charge is 0.270 e. The Balaban J connectivity index is 2.16. The molecule has 1 aromatic heterocycles. The summed E-state index contributed by atoms with van der Waals surface area (Å²) >= 11 is 5.59. The molecule has 0 aliphatic rings. The number of rotatable bonds is 16. The number of nitrogens with two attached hydrogens (primary N) is 1. The third kappa shape index (κ3) is 10.8. The first-order valence-corrected chi connectivity index (χ1v) is 14.7. The summed E-state index contributed by atoms with van der Waals surface area (Å²) in [6, 6.07) is 8.00. The average Bonchev–Trinajstić information content (AvgIpc) is 3.36. The highest BCUT2D eigenvalue weighted by molar-refractivity contribution is 7.80. The Hall–Kier alpha value is -1.94. The third-order valence-corrected chi connectivity index (χ3v) is 7.49. The van der Waals surface area contributed by atoms with Gasteiger partial charge in [0.15, 0.2) is 0 Å². The van der Waals surface area contributed by atoms with Crippen LogP contribution in [0.5, 0.6) is 0 Å². The van der Waals surface area contributed by atoms with E-state index in [0.29, 0.717) is 49.8 Å². The molecular formula is C28H44N4O3S2. The summed E-state index contributed by atoms with van der Waals surface area (Å²) in [6.07, 6.45) is 2.45. The number of benzene rings is 1. The summed E-state index contributed by atoms with van der Waals surface area (Å²) in [5.74, 6) is 0.366. The monoisotopic (exact) mass is 548 g/mol. The zero-order valence-electron chi connectivity index (χ0n) is 22.8. The third-order valence-electron chi connectivity index (χ3n) is 6.33. The summed E-state index contributed by atoms with van der Waals surface area (Å²) in [4.78, 5) is 30.4. The standard InChI is InChI=1S/C28H44N4O3S2/c1-6-12-35-25(16-23(29)18(2)3)28-32-24(17-37-28)27(34)31-22(14-20(5)26(33)30-11-13-36)15-21-9-7-19(4)8-10-21/h7-10,17-18,20,22-23,25,36H,6,11-16,29H2,1-5H3,(H,30,33)(H,31,34)/t20-,22+,23+,25+/m0/s1. The van der Waals surface area contributed by atoms with Crippen molar-refractivity contribution in [3.05, 3.63) is 51.5 Å². The number of carbonyl (C=O) groups is 2. The number of hydrogen-bond acceptors (Lipinski definition) is 7. The van der Waals surface area contributed by atoms with Crippen molar-refractivity contribution in [3.63, 3.8) is 0 Å². The predicted octanol–water partition coefficient (Wildman–Crippen LogP) is 4.71. The molecule has 7 nitrogen and oxygen atoms in total. The fourth-order valence-corrected chi connectivity index (χ4v) is 4.88. The molecular weight excluding hydrogens is 504 g/mol. The molecule has 2 aromatic rings. The van der Waals surface area contributed by atoms with E-state index in [1.807, 2.05) is 13.8 Å². The first kappa shape index (κ1) is 31.3. The second kappa shape index (κ2) is 16.1. The minimum Gasteiger partial charge on any atom is -0.371 e. The van der Waals surface area contributed by atoms with E-state index in [9.17, 15) is 9.59 Å². The van der Waals surface area contributed by atoms with Crippen LogP contribution < -0.4 is 16.4 Å². The van der Waals surface area contributed by atoms with Gasteiger partial charge in [-0.25, -0.2) is 4.98 Å². The number of aryl methyl sites for hydroxylation is 1. The Bertz CT molecular complexity index is 965. The van der Waals surface area contributed by atoms with E-state index in [1.165, 1.54) is 16.9 Å². The van der Waals surface area contributed by atoms with E-state index in [0.717, 1.165) is 17.0 Å². The summed E-state index contributed by atoms with van der Waals surface area (Å²) in [7, 11) is 0. The molecule has 0 saturated heterocycles. The maximum Gasteiger partial charge on any atom is 0.270 e. The van der Waals surface area contributed by atoms with Gasteiger partial charge in [0, 0.05) is 42.3 Å². The van der Waals surface area contributed by atoms with Crippen LogP contribution in [0.4, 0.5) is 0 Å². The molecule has 206 valence electrons. The van der Waals surface area contributed by atoms with Crippen molar-refractivity contribution < 1.29 is 14.3 Å². The molecule has 37 heavy (non-hydrogen) atoms. The predicted molar refractivity (Wildman–Crippen MR) is 155 cm³/mol. The Morgan fingerprint density at radius 3 is 2.49 bits per heavy atom. The van der Waals surface area contributed by atoms with Gasteiger partial charge in [-0.2, -0.15) is 12.6 Å². The number of amides is 2. The van der Waals surface area contributed by atoms with E-state index in [-0.39, 0.29) is 35.9 Å². The number of hydrogen-bond donors (Lipinski definition) is 4. The van der Waals surface area contributed by atoms with Crippen molar-refractivity contribution in [2.24, 2.45) is 17.6 Å². The summed E-state index contributed by atoms with van der Waals surface area (Å²) in [5.41, 5.74) is 8.97. The molecule has 2 amide bonds. The second-order valence-corrected chi connectivity index (χ2v) is 11.4. The normalized spacial score (nSPS) is 14.7. The van der Waals surface area contributed by atoms with E-state index in [1.54, 1.807) is 5.38 Å². The van der Waals surface area contributed by atoms with Crippen LogP contribution in [-0.2, 0) is 16.0 Å². The SMILES string of the molecule is CCCO[C@H](C[C@@H](N)C(C)C)c1nc(C(=O)N[C@@H](Cc2ccc(C)cc2)C[C@H](C)C(=O)NCCS)cs1. The lowest BCUT2D eigenvalue weighted by Crippen LogP contribution is -2.41. The molecule has 4 N–H and O–H groups in total. The Morgan fingerprint density at radius 2 is 1.86 bits per heavy atom. The first-order valence-electron chi connectivity index (χ1n) is 13.2. The van der Waals surface area contributed by atoms with Gasteiger partial charge in [-0.15, -0.1) is 11.3 Å². The lowest BCUT2D eigenvalue weighted by molar-refractivity contribution is -0.124. The van der Waals surface area contributed by atoms with Crippen LogP contribution in [0.25, 0.3) is 0 Å². The van der Waals surface area contributed by atoms with Crippen LogP contribution in [0.3, 0.4) is 0 Å².